The maximum absolute atomic E-state index is 13.0. The van der Waals surface area contributed by atoms with Crippen LogP contribution >= 0.6 is 11.3 Å². The van der Waals surface area contributed by atoms with Crippen LogP contribution in [0.2, 0.25) is 0 Å². The van der Waals surface area contributed by atoms with Gasteiger partial charge in [-0.25, -0.2) is 9.37 Å². The molecule has 1 unspecified atom stereocenters. The molecule has 1 aromatic carbocycles. The van der Waals surface area contributed by atoms with Crippen LogP contribution in [-0.2, 0) is 11.8 Å². The maximum atomic E-state index is 13.0. The highest BCUT2D eigenvalue weighted by atomic mass is 32.1. The minimum absolute atomic E-state index is 0.259. The summed E-state index contributed by atoms with van der Waals surface area (Å²) in [6.45, 7) is 7.96. The number of nitrogens with zero attached hydrogens (tertiary/aromatic N) is 1. The third-order valence-electron chi connectivity index (χ3n) is 3.86. The molecule has 0 radical (unpaired) electrons. The molecule has 2 nitrogen and oxygen atoms in total. The standard InChI is InChI=1S/C16H20FNOS/c1-10-11(2)20-15(18-10)9-14(19)16(3,4)12-5-7-13(17)8-6-12/h5-8,14,19H,9H2,1-4H3. The third kappa shape index (κ3) is 3.07. The van der Waals surface area contributed by atoms with Crippen LogP contribution in [0.1, 0.15) is 35.0 Å². The first-order chi connectivity index (χ1) is 9.30. The van der Waals surface area contributed by atoms with Crippen molar-refractivity contribution in [2.45, 2.75) is 45.6 Å². The van der Waals surface area contributed by atoms with Gasteiger partial charge in [0, 0.05) is 16.7 Å². The van der Waals surface area contributed by atoms with Crippen molar-refractivity contribution in [2.24, 2.45) is 0 Å². The summed E-state index contributed by atoms with van der Waals surface area (Å²) in [5, 5.41) is 11.5. The highest BCUT2D eigenvalue weighted by Crippen LogP contribution is 2.30. The van der Waals surface area contributed by atoms with Gasteiger partial charge in [0.25, 0.3) is 0 Å². The van der Waals surface area contributed by atoms with Gasteiger partial charge in [0.05, 0.1) is 16.8 Å². The van der Waals surface area contributed by atoms with E-state index in [9.17, 15) is 9.50 Å². The normalized spacial score (nSPS) is 13.5. The molecular formula is C16H20FNOS. The Hall–Kier alpha value is -1.26. The van der Waals surface area contributed by atoms with Gasteiger partial charge in [0.1, 0.15) is 5.82 Å². The summed E-state index contributed by atoms with van der Waals surface area (Å²) < 4.78 is 13.0. The number of halogens is 1. The summed E-state index contributed by atoms with van der Waals surface area (Å²) in [5.74, 6) is -0.259. The van der Waals surface area contributed by atoms with Crippen molar-refractivity contribution >= 4 is 11.3 Å². The van der Waals surface area contributed by atoms with Crippen molar-refractivity contribution in [1.29, 1.82) is 0 Å². The molecule has 2 aromatic rings. The van der Waals surface area contributed by atoms with Gasteiger partial charge in [0.2, 0.25) is 0 Å². The number of hydrogen-bond acceptors (Lipinski definition) is 3. The molecule has 1 N–H and O–H groups in total. The molecule has 1 heterocycles. The quantitative estimate of drug-likeness (QED) is 0.930. The first-order valence-electron chi connectivity index (χ1n) is 6.67. The molecule has 4 heteroatoms. The Morgan fingerprint density at radius 1 is 1.25 bits per heavy atom. The van der Waals surface area contributed by atoms with E-state index in [4.69, 9.17) is 0 Å². The summed E-state index contributed by atoms with van der Waals surface area (Å²) in [4.78, 5) is 5.66. The topological polar surface area (TPSA) is 33.1 Å². The van der Waals surface area contributed by atoms with E-state index in [1.807, 2.05) is 27.7 Å². The van der Waals surface area contributed by atoms with Gasteiger partial charge >= 0.3 is 0 Å². The zero-order chi connectivity index (χ0) is 14.9. The summed E-state index contributed by atoms with van der Waals surface area (Å²) in [6.07, 6.45) is -0.0399. The Kier molecular flexibility index (Phi) is 4.25. The lowest BCUT2D eigenvalue weighted by Gasteiger charge is -2.30. The molecule has 0 saturated carbocycles. The van der Waals surface area contributed by atoms with Gasteiger partial charge in [-0.15, -0.1) is 11.3 Å². The number of aromatic nitrogens is 1. The fraction of sp³-hybridized carbons (Fsp3) is 0.438. The molecule has 0 amide bonds. The number of aryl methyl sites for hydroxylation is 2. The van der Waals surface area contributed by atoms with Crippen LogP contribution < -0.4 is 0 Å². The van der Waals surface area contributed by atoms with Crippen LogP contribution in [-0.4, -0.2) is 16.2 Å². The average Bonchev–Trinajstić information content (AvgIpc) is 2.68. The van der Waals surface area contributed by atoms with Crippen molar-refractivity contribution in [2.75, 3.05) is 0 Å². The smallest absolute Gasteiger partial charge is 0.123 e. The van der Waals surface area contributed by atoms with E-state index < -0.39 is 11.5 Å². The van der Waals surface area contributed by atoms with Crippen molar-refractivity contribution < 1.29 is 9.50 Å². The zero-order valence-corrected chi connectivity index (χ0v) is 13.1. The monoisotopic (exact) mass is 293 g/mol. The second-order valence-electron chi connectivity index (χ2n) is 5.70. The Bertz CT molecular complexity index is 570. The highest BCUT2D eigenvalue weighted by molar-refractivity contribution is 7.11. The summed E-state index contributed by atoms with van der Waals surface area (Å²) in [5.41, 5.74) is 1.51. The number of benzene rings is 1. The maximum Gasteiger partial charge on any atom is 0.123 e. The summed E-state index contributed by atoms with van der Waals surface area (Å²) >= 11 is 1.63. The van der Waals surface area contributed by atoms with E-state index in [1.54, 1.807) is 23.5 Å². The summed E-state index contributed by atoms with van der Waals surface area (Å²) in [6, 6.07) is 6.33. The molecule has 0 bridgehead atoms. The van der Waals surface area contributed by atoms with Gasteiger partial charge in [-0.1, -0.05) is 26.0 Å². The highest BCUT2D eigenvalue weighted by Gasteiger charge is 2.30. The molecule has 1 aromatic heterocycles. The van der Waals surface area contributed by atoms with Crippen LogP contribution in [0.15, 0.2) is 24.3 Å². The first-order valence-corrected chi connectivity index (χ1v) is 7.49. The Morgan fingerprint density at radius 2 is 1.85 bits per heavy atom. The fourth-order valence-corrected chi connectivity index (χ4v) is 3.09. The van der Waals surface area contributed by atoms with Crippen molar-refractivity contribution in [3.63, 3.8) is 0 Å². The zero-order valence-electron chi connectivity index (χ0n) is 12.3. The molecule has 0 saturated heterocycles. The molecule has 1 atom stereocenters. The molecule has 0 aliphatic carbocycles. The fourth-order valence-electron chi connectivity index (χ4n) is 2.12. The SMILES string of the molecule is Cc1nc(CC(O)C(C)(C)c2ccc(F)cc2)sc1C. The molecule has 2 rings (SSSR count). The molecule has 20 heavy (non-hydrogen) atoms. The van der Waals surface area contributed by atoms with E-state index in [0.29, 0.717) is 6.42 Å². The number of aliphatic hydroxyl groups is 1. The van der Waals surface area contributed by atoms with Crippen LogP contribution in [0.25, 0.3) is 0 Å². The largest absolute Gasteiger partial charge is 0.392 e. The Morgan fingerprint density at radius 3 is 2.35 bits per heavy atom. The van der Waals surface area contributed by atoms with Gasteiger partial charge in [-0.3, -0.25) is 0 Å². The molecule has 0 aliphatic rings. The van der Waals surface area contributed by atoms with E-state index in [1.165, 1.54) is 17.0 Å². The van der Waals surface area contributed by atoms with Crippen LogP contribution in [0.3, 0.4) is 0 Å². The van der Waals surface area contributed by atoms with Gasteiger partial charge < -0.3 is 5.11 Å². The third-order valence-corrected chi connectivity index (χ3v) is 4.96. The molecule has 0 fully saturated rings. The van der Waals surface area contributed by atoms with Crippen LogP contribution in [0, 0.1) is 19.7 Å². The van der Waals surface area contributed by atoms with Gasteiger partial charge in [-0.2, -0.15) is 0 Å². The molecule has 0 aliphatic heterocycles. The first kappa shape index (κ1) is 15.1. The molecule has 108 valence electrons. The predicted molar refractivity (Wildman–Crippen MR) is 80.7 cm³/mol. The number of thiazole rings is 1. The minimum atomic E-state index is -0.557. The average molecular weight is 293 g/mol. The number of rotatable bonds is 4. The van der Waals surface area contributed by atoms with Crippen molar-refractivity contribution in [1.82, 2.24) is 4.98 Å². The van der Waals surface area contributed by atoms with Crippen LogP contribution in [0.4, 0.5) is 4.39 Å². The Balaban J connectivity index is 2.18. The van der Waals surface area contributed by atoms with E-state index in [2.05, 4.69) is 4.98 Å². The second kappa shape index (κ2) is 5.62. The molecule has 0 spiro atoms. The number of aliphatic hydroxyl groups excluding tert-OH is 1. The van der Waals surface area contributed by atoms with Crippen LogP contribution in [0.5, 0.6) is 0 Å². The van der Waals surface area contributed by atoms with Gasteiger partial charge in [-0.05, 0) is 31.5 Å². The van der Waals surface area contributed by atoms with Gasteiger partial charge in [0.15, 0.2) is 0 Å². The molecular weight excluding hydrogens is 273 g/mol. The lowest BCUT2D eigenvalue weighted by molar-refractivity contribution is 0.0998. The minimum Gasteiger partial charge on any atom is -0.392 e. The lowest BCUT2D eigenvalue weighted by atomic mass is 9.78. The van der Waals surface area contributed by atoms with E-state index in [0.717, 1.165) is 16.3 Å². The predicted octanol–water partition coefficient (Wildman–Crippen LogP) is 3.78. The lowest BCUT2D eigenvalue weighted by Crippen LogP contribution is -2.35. The second-order valence-corrected chi connectivity index (χ2v) is 6.99. The van der Waals surface area contributed by atoms with E-state index in [-0.39, 0.29) is 5.82 Å². The Labute approximate surface area is 123 Å². The van der Waals surface area contributed by atoms with Crippen molar-refractivity contribution in [3.8, 4) is 0 Å². The van der Waals surface area contributed by atoms with Crippen molar-refractivity contribution in [3.05, 3.63) is 51.2 Å². The number of hydrogen-bond donors (Lipinski definition) is 1. The van der Waals surface area contributed by atoms with E-state index >= 15 is 0 Å². The summed E-state index contributed by atoms with van der Waals surface area (Å²) in [7, 11) is 0.